The number of nitrogens with zero attached hydrogens (tertiary/aromatic N) is 4. The van der Waals surface area contributed by atoms with Crippen LogP contribution >= 0.6 is 34.7 Å². The monoisotopic (exact) mass is 501 g/mol. The molecule has 0 aliphatic carbocycles. The molecule has 1 aromatic carbocycles. The van der Waals surface area contributed by atoms with E-state index in [-0.39, 0.29) is 11.9 Å². The second-order valence-electron chi connectivity index (χ2n) is 7.97. The lowest BCUT2D eigenvalue weighted by Gasteiger charge is -2.16. The van der Waals surface area contributed by atoms with E-state index in [9.17, 15) is 4.79 Å². The van der Waals surface area contributed by atoms with Gasteiger partial charge in [0.05, 0.1) is 17.7 Å². The van der Waals surface area contributed by atoms with Crippen LogP contribution in [-0.4, -0.2) is 31.7 Å². The predicted molar refractivity (Wildman–Crippen MR) is 132 cm³/mol. The molecule has 0 aliphatic rings. The van der Waals surface area contributed by atoms with E-state index in [1.165, 1.54) is 23.1 Å². The maximum absolute atomic E-state index is 12.5. The molecular weight excluding hydrogens is 478 g/mol. The summed E-state index contributed by atoms with van der Waals surface area (Å²) in [6, 6.07) is 9.44. The molecule has 7 nitrogen and oxygen atoms in total. The molecule has 0 radical (unpaired) electrons. The van der Waals surface area contributed by atoms with Crippen molar-refractivity contribution < 1.29 is 9.21 Å². The molecule has 1 unspecified atom stereocenters. The quantitative estimate of drug-likeness (QED) is 0.297. The molecule has 0 bridgehead atoms. The van der Waals surface area contributed by atoms with Crippen molar-refractivity contribution in [2.24, 2.45) is 5.92 Å². The number of hydrogen-bond donors (Lipinski definition) is 1. The zero-order chi connectivity index (χ0) is 23.5. The smallest absolute Gasteiger partial charge is 0.270 e. The van der Waals surface area contributed by atoms with E-state index in [0.717, 1.165) is 16.3 Å². The van der Waals surface area contributed by atoms with Gasteiger partial charge in [-0.2, -0.15) is 0 Å². The number of carbonyl (C=O) groups excluding carboxylic acids is 1. The fraction of sp³-hybridized carbons (Fsp3) is 0.304. The number of aromatic nitrogens is 4. The standard InChI is InChI=1S/C23H24ClN5O2S2/c1-13(2)15(4)25-22(30)17-11-32-20(26-17)12-33-23-28-27-21(19-6-5-9-31-19)29(23)18-10-16(24)8-7-14(18)3/h5-11,13,15H,12H2,1-4H3,(H,25,30). The Morgan fingerprint density at radius 2 is 2.09 bits per heavy atom. The van der Waals surface area contributed by atoms with Crippen molar-refractivity contribution >= 4 is 40.6 Å². The number of thioether (sulfide) groups is 1. The van der Waals surface area contributed by atoms with Gasteiger partial charge in [-0.1, -0.05) is 43.3 Å². The molecule has 172 valence electrons. The van der Waals surface area contributed by atoms with Crippen molar-refractivity contribution in [2.75, 3.05) is 0 Å². The third-order valence-electron chi connectivity index (χ3n) is 5.25. The number of halogens is 1. The summed E-state index contributed by atoms with van der Waals surface area (Å²) in [7, 11) is 0. The SMILES string of the molecule is Cc1ccc(Cl)cc1-n1c(SCc2nc(C(=O)NC(C)C(C)C)cs2)nnc1-c1ccco1. The van der Waals surface area contributed by atoms with Crippen molar-refractivity contribution in [3.63, 3.8) is 0 Å². The first kappa shape index (κ1) is 23.5. The van der Waals surface area contributed by atoms with E-state index < -0.39 is 0 Å². The second kappa shape index (κ2) is 10.1. The Balaban J connectivity index is 1.58. The fourth-order valence-electron chi connectivity index (χ4n) is 3.02. The minimum Gasteiger partial charge on any atom is -0.461 e. The molecule has 0 aliphatic heterocycles. The van der Waals surface area contributed by atoms with Gasteiger partial charge in [0.2, 0.25) is 5.82 Å². The van der Waals surface area contributed by atoms with Gasteiger partial charge in [0, 0.05) is 16.4 Å². The maximum atomic E-state index is 12.5. The third kappa shape index (κ3) is 5.31. The number of furan rings is 1. The molecule has 3 aromatic heterocycles. The van der Waals surface area contributed by atoms with Crippen LogP contribution in [0.25, 0.3) is 17.3 Å². The zero-order valence-corrected chi connectivity index (χ0v) is 21.1. The molecular formula is C23H24ClN5O2S2. The van der Waals surface area contributed by atoms with Crippen LogP contribution in [0.1, 0.15) is 41.8 Å². The van der Waals surface area contributed by atoms with E-state index in [1.807, 2.05) is 48.7 Å². The molecule has 1 atom stereocenters. The third-order valence-corrected chi connectivity index (χ3v) is 7.46. The van der Waals surface area contributed by atoms with Crippen molar-refractivity contribution in [1.29, 1.82) is 0 Å². The topological polar surface area (TPSA) is 85.8 Å². The summed E-state index contributed by atoms with van der Waals surface area (Å²) in [6.45, 7) is 8.15. The number of nitrogens with one attached hydrogen (secondary N) is 1. The van der Waals surface area contributed by atoms with Gasteiger partial charge in [0.15, 0.2) is 10.9 Å². The van der Waals surface area contributed by atoms with Crippen molar-refractivity contribution in [3.8, 4) is 17.3 Å². The van der Waals surface area contributed by atoms with Crippen LogP contribution in [0.3, 0.4) is 0 Å². The first-order chi connectivity index (χ1) is 15.8. The van der Waals surface area contributed by atoms with Gasteiger partial charge in [0.1, 0.15) is 10.7 Å². The Labute approximate surface area is 205 Å². The largest absolute Gasteiger partial charge is 0.461 e. The van der Waals surface area contributed by atoms with E-state index in [4.69, 9.17) is 16.0 Å². The van der Waals surface area contributed by atoms with Gasteiger partial charge in [-0.25, -0.2) is 4.98 Å². The molecule has 0 spiro atoms. The average Bonchev–Trinajstić information content (AvgIpc) is 3.54. The summed E-state index contributed by atoms with van der Waals surface area (Å²) >= 11 is 9.24. The Morgan fingerprint density at radius 1 is 1.27 bits per heavy atom. The Kier molecular flexibility index (Phi) is 7.21. The summed E-state index contributed by atoms with van der Waals surface area (Å²) in [6.07, 6.45) is 1.61. The van der Waals surface area contributed by atoms with Crippen LogP contribution in [0.5, 0.6) is 0 Å². The highest BCUT2D eigenvalue weighted by Gasteiger charge is 2.21. The average molecular weight is 502 g/mol. The number of aryl methyl sites for hydroxylation is 1. The van der Waals surface area contributed by atoms with Gasteiger partial charge >= 0.3 is 0 Å². The molecule has 0 fully saturated rings. The first-order valence-corrected chi connectivity index (χ1v) is 12.7. The lowest BCUT2D eigenvalue weighted by molar-refractivity contribution is 0.0926. The predicted octanol–water partition coefficient (Wildman–Crippen LogP) is 6.01. The lowest BCUT2D eigenvalue weighted by Crippen LogP contribution is -2.36. The maximum Gasteiger partial charge on any atom is 0.270 e. The summed E-state index contributed by atoms with van der Waals surface area (Å²) in [5, 5.41) is 15.7. The van der Waals surface area contributed by atoms with Crippen LogP contribution in [0.15, 0.2) is 51.5 Å². The summed E-state index contributed by atoms with van der Waals surface area (Å²) in [5.41, 5.74) is 2.34. The highest BCUT2D eigenvalue weighted by molar-refractivity contribution is 7.98. The Bertz CT molecular complexity index is 1250. The lowest BCUT2D eigenvalue weighted by atomic mass is 10.1. The van der Waals surface area contributed by atoms with E-state index in [1.54, 1.807) is 11.6 Å². The molecule has 4 aromatic rings. The van der Waals surface area contributed by atoms with Crippen molar-refractivity contribution in [3.05, 3.63) is 63.3 Å². The fourth-order valence-corrected chi connectivity index (χ4v) is 4.93. The molecule has 4 rings (SSSR count). The van der Waals surface area contributed by atoms with E-state index in [0.29, 0.717) is 39.1 Å². The molecule has 3 heterocycles. The number of hydrogen-bond acceptors (Lipinski definition) is 7. The van der Waals surface area contributed by atoms with Crippen LogP contribution in [0, 0.1) is 12.8 Å². The second-order valence-corrected chi connectivity index (χ2v) is 10.3. The Hall–Kier alpha value is -2.62. The Morgan fingerprint density at radius 3 is 2.82 bits per heavy atom. The van der Waals surface area contributed by atoms with Crippen molar-refractivity contribution in [2.45, 2.75) is 44.6 Å². The number of rotatable bonds is 8. The van der Waals surface area contributed by atoms with E-state index in [2.05, 4.69) is 34.3 Å². The highest BCUT2D eigenvalue weighted by atomic mass is 35.5. The van der Waals surface area contributed by atoms with Gasteiger partial charge in [-0.15, -0.1) is 21.5 Å². The van der Waals surface area contributed by atoms with Crippen LogP contribution in [-0.2, 0) is 5.75 Å². The molecule has 33 heavy (non-hydrogen) atoms. The summed E-state index contributed by atoms with van der Waals surface area (Å²) < 4.78 is 7.53. The van der Waals surface area contributed by atoms with Gasteiger partial charge in [-0.05, 0) is 49.6 Å². The summed E-state index contributed by atoms with van der Waals surface area (Å²) in [5.74, 6) is 1.96. The van der Waals surface area contributed by atoms with Gasteiger partial charge < -0.3 is 9.73 Å². The number of carbonyl (C=O) groups is 1. The molecule has 10 heteroatoms. The molecule has 0 saturated heterocycles. The van der Waals surface area contributed by atoms with Crippen molar-refractivity contribution in [1.82, 2.24) is 25.1 Å². The number of amides is 1. The van der Waals surface area contributed by atoms with Gasteiger partial charge in [0.25, 0.3) is 5.91 Å². The van der Waals surface area contributed by atoms with Crippen LogP contribution in [0.2, 0.25) is 5.02 Å². The molecule has 0 saturated carbocycles. The number of thiazole rings is 1. The summed E-state index contributed by atoms with van der Waals surface area (Å²) in [4.78, 5) is 17.0. The zero-order valence-electron chi connectivity index (χ0n) is 18.7. The number of benzene rings is 1. The first-order valence-electron chi connectivity index (χ1n) is 10.5. The van der Waals surface area contributed by atoms with Crippen LogP contribution in [0.4, 0.5) is 0 Å². The molecule has 1 amide bonds. The minimum atomic E-state index is -0.151. The van der Waals surface area contributed by atoms with Crippen LogP contribution < -0.4 is 5.32 Å². The molecule has 1 N–H and O–H groups in total. The van der Waals surface area contributed by atoms with E-state index >= 15 is 0 Å². The minimum absolute atomic E-state index is 0.0801. The van der Waals surface area contributed by atoms with Gasteiger partial charge in [-0.3, -0.25) is 9.36 Å². The normalized spacial score (nSPS) is 12.3. The highest BCUT2D eigenvalue weighted by Crippen LogP contribution is 2.32.